The van der Waals surface area contributed by atoms with E-state index >= 15 is 0 Å². The zero-order chi connectivity index (χ0) is 41.0. The second kappa shape index (κ2) is 16.8. The molecular weight excluding hydrogens is 821 g/mol. The van der Waals surface area contributed by atoms with Crippen LogP contribution in [0.5, 0.6) is 0 Å². The summed E-state index contributed by atoms with van der Waals surface area (Å²) in [6, 6.07) is 69.3. The third-order valence-corrected chi connectivity index (χ3v) is 10.8. The highest BCUT2D eigenvalue weighted by Gasteiger charge is 2.15. The van der Waals surface area contributed by atoms with Gasteiger partial charge in [-0.15, -0.1) is 0 Å². The first-order valence-corrected chi connectivity index (χ1v) is 20.5. The molecule has 0 aliphatic rings. The van der Waals surface area contributed by atoms with Crippen LogP contribution in [0.4, 0.5) is 0 Å². The third kappa shape index (κ3) is 7.73. The van der Waals surface area contributed by atoms with Crippen molar-refractivity contribution >= 4 is 59.5 Å². The predicted molar refractivity (Wildman–Crippen MR) is 248 cm³/mol. The molecule has 4 heterocycles. The van der Waals surface area contributed by atoms with Crippen molar-refractivity contribution < 1.29 is 9.05 Å². The largest absolute Gasteiger partial charge is 0.355 e. The number of benzene rings is 8. The van der Waals surface area contributed by atoms with Gasteiger partial charge in [0.1, 0.15) is 0 Å². The molecule has 0 aliphatic heterocycles. The van der Waals surface area contributed by atoms with Crippen LogP contribution < -0.4 is 0 Å². The van der Waals surface area contributed by atoms with E-state index in [1.165, 1.54) is 43.6 Å². The van der Waals surface area contributed by atoms with Crippen LogP contribution in [0.25, 0.3) is 95.0 Å². The molecule has 9 heteroatoms. The van der Waals surface area contributed by atoms with Gasteiger partial charge in [-0.2, -0.15) is 9.97 Å². The molecule has 61 heavy (non-hydrogen) atoms. The maximum atomic E-state index is 5.58. The van der Waals surface area contributed by atoms with Gasteiger partial charge < -0.3 is 18.6 Å². The molecule has 0 fully saturated rings. The molecule has 0 saturated carbocycles. The van der Waals surface area contributed by atoms with E-state index in [1.807, 2.05) is 97.1 Å². The Morgan fingerprint density at radius 1 is 0.393 bits per heavy atom. The number of halogens is 1. The summed E-state index contributed by atoms with van der Waals surface area (Å²) in [5, 5.41) is 13.2. The smallest absolute Gasteiger partial charge is 0.258 e. The fourth-order valence-electron chi connectivity index (χ4n) is 7.49. The third-order valence-electron chi connectivity index (χ3n) is 10.3. The summed E-state index contributed by atoms with van der Waals surface area (Å²) in [5.41, 5.74) is 9.51. The van der Waals surface area contributed by atoms with Gasteiger partial charge in [-0.3, -0.25) is 0 Å². The molecule has 0 aliphatic carbocycles. The van der Waals surface area contributed by atoms with E-state index in [4.69, 9.17) is 9.05 Å². The Balaban J connectivity index is 0.000000121. The van der Waals surface area contributed by atoms with Crippen molar-refractivity contribution in [2.75, 3.05) is 0 Å². The van der Waals surface area contributed by atoms with Crippen LogP contribution in [0.2, 0.25) is 0 Å². The zero-order valence-corrected chi connectivity index (χ0v) is 34.1. The van der Waals surface area contributed by atoms with Crippen LogP contribution in [0.15, 0.2) is 220 Å². The Kier molecular flexibility index (Phi) is 10.3. The molecule has 1 N–H and O–H groups in total. The Labute approximate surface area is 358 Å². The van der Waals surface area contributed by atoms with Crippen molar-refractivity contribution in [3.63, 3.8) is 0 Å². The van der Waals surface area contributed by atoms with Crippen molar-refractivity contribution in [2.24, 2.45) is 0 Å². The Morgan fingerprint density at radius 2 is 0.820 bits per heavy atom. The first-order chi connectivity index (χ1) is 30.2. The molecule has 0 atom stereocenters. The topological polar surface area (TPSA) is 98.6 Å². The molecular formula is C52H35BrN6O2. The van der Waals surface area contributed by atoms with Gasteiger partial charge >= 0.3 is 0 Å². The van der Waals surface area contributed by atoms with E-state index in [0.717, 1.165) is 32.4 Å². The van der Waals surface area contributed by atoms with Crippen LogP contribution in [-0.2, 0) is 0 Å². The number of rotatable bonds is 5. The number of para-hydroxylation sites is 4. The summed E-state index contributed by atoms with van der Waals surface area (Å²) in [4.78, 5) is 12.4. The Hall–Kier alpha value is -7.88. The highest BCUT2D eigenvalue weighted by molar-refractivity contribution is 9.10. The summed E-state index contributed by atoms with van der Waals surface area (Å²) in [5.74, 6) is 2.23. The molecule has 0 amide bonds. The summed E-state index contributed by atoms with van der Waals surface area (Å²) >= 11 is 3.42. The molecule has 12 rings (SSSR count). The average molecular weight is 856 g/mol. The minimum Gasteiger partial charge on any atom is -0.355 e. The molecule has 0 spiro atoms. The molecule has 0 bridgehead atoms. The monoisotopic (exact) mass is 854 g/mol. The minimum atomic E-state index is 0.511. The molecule has 0 saturated heterocycles. The van der Waals surface area contributed by atoms with Gasteiger partial charge in [-0.1, -0.05) is 172 Å². The molecule has 0 radical (unpaired) electrons. The van der Waals surface area contributed by atoms with Gasteiger partial charge in [0.05, 0.1) is 11.0 Å². The first kappa shape index (κ1) is 37.4. The van der Waals surface area contributed by atoms with E-state index in [1.54, 1.807) is 0 Å². The van der Waals surface area contributed by atoms with Crippen LogP contribution >= 0.6 is 15.9 Å². The molecule has 8 nitrogen and oxygen atoms in total. The van der Waals surface area contributed by atoms with E-state index in [9.17, 15) is 0 Å². The maximum Gasteiger partial charge on any atom is 0.258 e. The number of nitrogens with zero attached hydrogens (tertiary/aromatic N) is 5. The van der Waals surface area contributed by atoms with Gasteiger partial charge in [0.2, 0.25) is 11.6 Å². The molecule has 0 unspecified atom stereocenters. The van der Waals surface area contributed by atoms with Crippen LogP contribution in [0, 0.1) is 0 Å². The van der Waals surface area contributed by atoms with Crippen molar-refractivity contribution in [2.45, 2.75) is 0 Å². The maximum absolute atomic E-state index is 5.58. The first-order valence-electron chi connectivity index (χ1n) is 19.7. The lowest BCUT2D eigenvalue weighted by molar-refractivity contribution is 0.432. The normalized spacial score (nSPS) is 11.0. The summed E-state index contributed by atoms with van der Waals surface area (Å²) < 4.78 is 14.1. The number of aromatic nitrogens is 6. The lowest BCUT2D eigenvalue weighted by Crippen LogP contribution is -1.94. The minimum absolute atomic E-state index is 0.511. The number of hydrogen-bond donors (Lipinski definition) is 1. The predicted octanol–water partition coefficient (Wildman–Crippen LogP) is 14.0. The van der Waals surface area contributed by atoms with Crippen molar-refractivity contribution in [1.82, 2.24) is 29.8 Å². The standard InChI is InChI=1S/C26H17N3O.C14H9BrN2O.C12H9N/c1-2-9-18(10-3-1)25-27-26(30-28-25)19-11-8-12-20(17-19)29-23-15-6-4-13-21(23)22-14-5-7-16-24(22)29;15-12-8-4-7-11(9-12)14-16-13(17-18-14)10-5-2-1-3-6-10;1-3-7-11-9(5-1)10-6-2-4-8-12(10)13-11/h1-17H;1-9H;1-8,13H. The molecule has 12 aromatic rings. The number of hydrogen-bond acceptors (Lipinski definition) is 6. The van der Waals surface area contributed by atoms with Crippen LogP contribution in [0.3, 0.4) is 0 Å². The summed E-state index contributed by atoms with van der Waals surface area (Å²) in [6.45, 7) is 0. The van der Waals surface area contributed by atoms with Gasteiger partial charge in [0.25, 0.3) is 11.8 Å². The Bertz CT molecular complexity index is 3300. The van der Waals surface area contributed by atoms with Gasteiger partial charge in [0.15, 0.2) is 0 Å². The quantitative estimate of drug-likeness (QED) is 0.185. The van der Waals surface area contributed by atoms with Gasteiger partial charge in [-0.25, -0.2) is 0 Å². The van der Waals surface area contributed by atoms with Crippen LogP contribution in [-0.4, -0.2) is 29.8 Å². The fraction of sp³-hybridized carbons (Fsp3) is 0. The van der Waals surface area contributed by atoms with E-state index in [0.29, 0.717) is 23.4 Å². The molecule has 292 valence electrons. The highest BCUT2D eigenvalue weighted by Crippen LogP contribution is 2.33. The second-order valence-corrected chi connectivity index (χ2v) is 15.1. The molecule has 8 aromatic carbocycles. The fourth-order valence-corrected chi connectivity index (χ4v) is 7.89. The summed E-state index contributed by atoms with van der Waals surface area (Å²) in [6.07, 6.45) is 0. The average Bonchev–Trinajstić information content (AvgIpc) is 4.15. The number of fused-ring (bicyclic) bond motifs is 6. The van der Waals surface area contributed by atoms with E-state index in [-0.39, 0.29) is 0 Å². The lowest BCUT2D eigenvalue weighted by Gasteiger charge is -2.08. The summed E-state index contributed by atoms with van der Waals surface area (Å²) in [7, 11) is 0. The zero-order valence-electron chi connectivity index (χ0n) is 32.6. The number of nitrogens with one attached hydrogen (secondary N) is 1. The van der Waals surface area contributed by atoms with E-state index < -0.39 is 0 Å². The van der Waals surface area contributed by atoms with Gasteiger partial charge in [0, 0.05) is 65.0 Å². The Morgan fingerprint density at radius 3 is 1.34 bits per heavy atom. The molecule has 4 aromatic heterocycles. The van der Waals surface area contributed by atoms with Gasteiger partial charge in [-0.05, 0) is 60.7 Å². The van der Waals surface area contributed by atoms with Crippen molar-refractivity contribution in [1.29, 1.82) is 0 Å². The SMILES string of the molecule is Brc1cccc(-c2nc(-c3ccccc3)no2)c1.c1ccc(-c2noc(-c3cccc(-n4c5ccccc5c5ccccc54)c3)n2)cc1.c1ccc2c(c1)[nH]c1ccccc12. The highest BCUT2D eigenvalue weighted by atomic mass is 79.9. The van der Waals surface area contributed by atoms with Crippen molar-refractivity contribution in [3.05, 3.63) is 211 Å². The van der Waals surface area contributed by atoms with Crippen LogP contribution in [0.1, 0.15) is 0 Å². The second-order valence-electron chi connectivity index (χ2n) is 14.2. The van der Waals surface area contributed by atoms with Crippen molar-refractivity contribution in [3.8, 4) is 51.4 Å². The number of aromatic amines is 1. The lowest BCUT2D eigenvalue weighted by atomic mass is 10.2. The number of H-pyrrole nitrogens is 1. The van der Waals surface area contributed by atoms with E-state index in [2.05, 4.69) is 155 Å².